The van der Waals surface area contributed by atoms with Crippen molar-refractivity contribution >= 4 is 11.7 Å². The molecule has 6 nitrogen and oxygen atoms in total. The van der Waals surface area contributed by atoms with Gasteiger partial charge in [0.25, 0.3) is 0 Å². The summed E-state index contributed by atoms with van der Waals surface area (Å²) in [5.74, 6) is -0.792. The molecule has 108 valence electrons. The Morgan fingerprint density at radius 1 is 1.10 bits per heavy atom. The summed E-state index contributed by atoms with van der Waals surface area (Å²) in [5, 5.41) is 11.2. The first-order chi connectivity index (χ1) is 10.1. The number of carbonyl (C=O) groups excluding carboxylic acids is 1. The Bertz CT molecular complexity index is 682. The third kappa shape index (κ3) is 2.84. The Balaban J connectivity index is 2.72. The van der Waals surface area contributed by atoms with E-state index in [4.69, 9.17) is 4.74 Å². The number of rotatable bonds is 4. The number of methoxy groups -OCH3 is 2. The van der Waals surface area contributed by atoms with Crippen molar-refractivity contribution in [2.24, 2.45) is 0 Å². The van der Waals surface area contributed by atoms with E-state index in [9.17, 15) is 14.9 Å². The van der Waals surface area contributed by atoms with Crippen LogP contribution in [0.4, 0.5) is 5.69 Å². The maximum Gasteiger partial charge on any atom is 0.341 e. The fourth-order valence-corrected chi connectivity index (χ4v) is 2.02. The molecule has 0 aliphatic carbocycles. The third-order valence-corrected chi connectivity index (χ3v) is 2.98. The molecule has 6 heteroatoms. The maximum atomic E-state index is 11.8. The lowest BCUT2D eigenvalue weighted by Gasteiger charge is -2.10. The summed E-state index contributed by atoms with van der Waals surface area (Å²) >= 11 is 0. The van der Waals surface area contributed by atoms with Crippen LogP contribution in [0.5, 0.6) is 5.75 Å². The number of nitro benzene ring substituents is 1. The quantitative estimate of drug-likeness (QED) is 0.490. The number of nitro groups is 1. The molecule has 0 N–H and O–H groups in total. The Hall–Kier alpha value is -2.89. The highest BCUT2D eigenvalue weighted by Crippen LogP contribution is 2.36. The van der Waals surface area contributed by atoms with Gasteiger partial charge in [-0.3, -0.25) is 10.1 Å². The molecule has 2 rings (SSSR count). The van der Waals surface area contributed by atoms with E-state index in [1.807, 2.05) is 18.2 Å². The van der Waals surface area contributed by atoms with E-state index in [0.717, 1.165) is 5.56 Å². The van der Waals surface area contributed by atoms with Gasteiger partial charge in [0.05, 0.1) is 19.1 Å². The van der Waals surface area contributed by atoms with Gasteiger partial charge in [0.15, 0.2) is 0 Å². The van der Waals surface area contributed by atoms with E-state index < -0.39 is 10.9 Å². The molecular weight excluding hydrogens is 274 g/mol. The smallest absolute Gasteiger partial charge is 0.341 e. The SMILES string of the molecule is COC(=O)c1cc(-c2ccccc2)cc([N+](=O)[O-])c1OC. The van der Waals surface area contributed by atoms with Gasteiger partial charge in [-0.1, -0.05) is 30.3 Å². The Labute approximate surface area is 121 Å². The third-order valence-electron chi connectivity index (χ3n) is 2.98. The average Bonchev–Trinajstić information content (AvgIpc) is 2.53. The standard InChI is InChI=1S/C15H13NO5/c1-20-14-12(15(17)21-2)8-11(9-13(14)16(18)19)10-6-4-3-5-7-10/h3-9H,1-2H3. The molecule has 0 saturated carbocycles. The van der Waals surface area contributed by atoms with Gasteiger partial charge in [0, 0.05) is 6.07 Å². The molecule has 21 heavy (non-hydrogen) atoms. The summed E-state index contributed by atoms with van der Waals surface area (Å²) in [4.78, 5) is 22.4. The van der Waals surface area contributed by atoms with Gasteiger partial charge in [0.1, 0.15) is 5.56 Å². The molecule has 0 amide bonds. The van der Waals surface area contributed by atoms with Crippen LogP contribution in [-0.4, -0.2) is 25.1 Å². The van der Waals surface area contributed by atoms with Crippen LogP contribution in [0.15, 0.2) is 42.5 Å². The Kier molecular flexibility index (Phi) is 4.18. The zero-order valence-corrected chi connectivity index (χ0v) is 11.5. The summed E-state index contributed by atoms with van der Waals surface area (Å²) < 4.78 is 9.67. The first-order valence-corrected chi connectivity index (χ1v) is 6.08. The van der Waals surface area contributed by atoms with Crippen molar-refractivity contribution < 1.29 is 19.2 Å². The molecule has 0 saturated heterocycles. The molecule has 0 fully saturated rings. The van der Waals surface area contributed by atoms with Crippen LogP contribution in [0.25, 0.3) is 11.1 Å². The number of hydrogen-bond donors (Lipinski definition) is 0. The first kappa shape index (κ1) is 14.5. The molecule has 0 aliphatic rings. The van der Waals surface area contributed by atoms with E-state index in [0.29, 0.717) is 5.56 Å². The van der Waals surface area contributed by atoms with Crippen LogP contribution < -0.4 is 4.74 Å². The predicted molar refractivity (Wildman–Crippen MR) is 76.4 cm³/mol. The fraction of sp³-hybridized carbons (Fsp3) is 0.133. The molecule has 0 aliphatic heterocycles. The lowest BCUT2D eigenvalue weighted by molar-refractivity contribution is -0.385. The van der Waals surface area contributed by atoms with Gasteiger partial charge >= 0.3 is 11.7 Å². The highest BCUT2D eigenvalue weighted by atomic mass is 16.6. The van der Waals surface area contributed by atoms with Gasteiger partial charge in [0.2, 0.25) is 5.75 Å². The van der Waals surface area contributed by atoms with E-state index in [1.165, 1.54) is 26.4 Å². The number of hydrogen-bond acceptors (Lipinski definition) is 5. The van der Waals surface area contributed by atoms with E-state index in [-0.39, 0.29) is 17.0 Å². The minimum atomic E-state index is -0.687. The number of benzene rings is 2. The fourth-order valence-electron chi connectivity index (χ4n) is 2.02. The minimum absolute atomic E-state index is 0.0213. The summed E-state index contributed by atoms with van der Waals surface area (Å²) in [6.07, 6.45) is 0. The highest BCUT2D eigenvalue weighted by Gasteiger charge is 2.25. The second kappa shape index (κ2) is 6.04. The highest BCUT2D eigenvalue weighted by molar-refractivity contribution is 5.96. The summed E-state index contributed by atoms with van der Waals surface area (Å²) in [5.41, 5.74) is 1.05. The predicted octanol–water partition coefficient (Wildman–Crippen LogP) is 3.06. The molecular formula is C15H13NO5. The summed E-state index contributed by atoms with van der Waals surface area (Å²) in [6.45, 7) is 0. The monoisotopic (exact) mass is 287 g/mol. The van der Waals surface area contributed by atoms with Crippen LogP contribution in [0.3, 0.4) is 0 Å². The molecule has 0 atom stereocenters. The molecule has 0 bridgehead atoms. The van der Waals surface area contributed by atoms with Crippen molar-refractivity contribution in [2.45, 2.75) is 0 Å². The largest absolute Gasteiger partial charge is 0.490 e. The molecule has 0 heterocycles. The van der Waals surface area contributed by atoms with Crippen LogP contribution in [0, 0.1) is 10.1 Å². The van der Waals surface area contributed by atoms with Gasteiger partial charge in [-0.15, -0.1) is 0 Å². The van der Waals surface area contributed by atoms with E-state index >= 15 is 0 Å². The zero-order chi connectivity index (χ0) is 15.4. The summed E-state index contributed by atoms with van der Waals surface area (Å²) in [7, 11) is 2.49. The minimum Gasteiger partial charge on any atom is -0.490 e. The number of ether oxygens (including phenoxy) is 2. The summed E-state index contributed by atoms with van der Waals surface area (Å²) in [6, 6.07) is 11.9. The van der Waals surface area contributed by atoms with Gasteiger partial charge in [-0.2, -0.15) is 0 Å². The molecule has 2 aromatic rings. The lowest BCUT2D eigenvalue weighted by Crippen LogP contribution is -2.06. The van der Waals surface area contributed by atoms with Crippen molar-refractivity contribution in [1.82, 2.24) is 0 Å². The molecule has 0 aromatic heterocycles. The normalized spacial score (nSPS) is 10.0. The van der Waals surface area contributed by atoms with Crippen LogP contribution in [0.1, 0.15) is 10.4 Å². The molecule has 0 radical (unpaired) electrons. The van der Waals surface area contributed by atoms with Crippen molar-refractivity contribution in [3.63, 3.8) is 0 Å². The Morgan fingerprint density at radius 2 is 1.76 bits per heavy atom. The zero-order valence-electron chi connectivity index (χ0n) is 11.5. The average molecular weight is 287 g/mol. The van der Waals surface area contributed by atoms with E-state index in [1.54, 1.807) is 12.1 Å². The second-order valence-corrected chi connectivity index (χ2v) is 4.19. The Morgan fingerprint density at radius 3 is 2.29 bits per heavy atom. The molecule has 0 spiro atoms. The van der Waals surface area contributed by atoms with Crippen LogP contribution in [-0.2, 0) is 4.74 Å². The second-order valence-electron chi connectivity index (χ2n) is 4.19. The van der Waals surface area contributed by atoms with Crippen molar-refractivity contribution in [2.75, 3.05) is 14.2 Å². The number of nitrogens with zero attached hydrogens (tertiary/aromatic N) is 1. The van der Waals surface area contributed by atoms with E-state index in [2.05, 4.69) is 4.74 Å². The molecule has 2 aromatic carbocycles. The number of carbonyl (C=O) groups is 1. The number of esters is 1. The first-order valence-electron chi connectivity index (χ1n) is 6.08. The maximum absolute atomic E-state index is 11.8. The van der Waals surface area contributed by atoms with Crippen molar-refractivity contribution in [3.05, 3.63) is 58.1 Å². The van der Waals surface area contributed by atoms with Crippen molar-refractivity contribution in [1.29, 1.82) is 0 Å². The van der Waals surface area contributed by atoms with Crippen molar-refractivity contribution in [3.8, 4) is 16.9 Å². The topological polar surface area (TPSA) is 78.7 Å². The molecule has 0 unspecified atom stereocenters. The van der Waals surface area contributed by atoms with Crippen LogP contribution >= 0.6 is 0 Å². The lowest BCUT2D eigenvalue weighted by atomic mass is 10.0. The van der Waals surface area contributed by atoms with Crippen LogP contribution in [0.2, 0.25) is 0 Å². The van der Waals surface area contributed by atoms with Gasteiger partial charge in [-0.25, -0.2) is 4.79 Å². The van der Waals surface area contributed by atoms with Gasteiger partial charge in [-0.05, 0) is 17.2 Å². The van der Waals surface area contributed by atoms with Gasteiger partial charge < -0.3 is 9.47 Å².